The molecule has 1 N–H and O–H groups in total. The number of halogens is 3. The monoisotopic (exact) mass is 457 g/mol. The molecule has 170 valence electrons. The summed E-state index contributed by atoms with van der Waals surface area (Å²) in [7, 11) is -3.98. The molecule has 0 bridgehead atoms. The van der Waals surface area contributed by atoms with Crippen molar-refractivity contribution >= 4 is 15.9 Å². The Bertz CT molecular complexity index is 973. The summed E-state index contributed by atoms with van der Waals surface area (Å²) in [4.78, 5) is 11.2. The molecule has 0 fully saturated rings. The first-order valence-electron chi connectivity index (χ1n) is 9.62. The van der Waals surface area contributed by atoms with Gasteiger partial charge in [0.05, 0.1) is 10.5 Å². The van der Waals surface area contributed by atoms with Gasteiger partial charge in [0.1, 0.15) is 0 Å². The maximum absolute atomic E-state index is 13.2. The molecule has 0 saturated heterocycles. The van der Waals surface area contributed by atoms with E-state index in [0.717, 1.165) is 22.0 Å². The summed E-state index contributed by atoms with van der Waals surface area (Å²) in [6, 6.07) is 10.6. The van der Waals surface area contributed by atoms with E-state index >= 15 is 0 Å². The Morgan fingerprint density at radius 2 is 1.65 bits per heavy atom. The van der Waals surface area contributed by atoms with E-state index < -0.39 is 27.7 Å². The van der Waals surface area contributed by atoms with Crippen molar-refractivity contribution < 1.29 is 26.4 Å². The average molecular weight is 457 g/mol. The second kappa shape index (κ2) is 10.3. The molecule has 0 saturated carbocycles. The second-order valence-electron chi connectivity index (χ2n) is 7.39. The summed E-state index contributed by atoms with van der Waals surface area (Å²) in [6.07, 6.45) is -4.58. The van der Waals surface area contributed by atoms with E-state index in [1.807, 2.05) is 13.8 Å². The predicted octanol–water partition coefficient (Wildman–Crippen LogP) is 4.41. The molecule has 2 rings (SSSR count). The zero-order chi connectivity index (χ0) is 23.2. The first kappa shape index (κ1) is 24.8. The number of amides is 1. The van der Waals surface area contributed by atoms with Crippen molar-refractivity contribution in [2.24, 2.45) is 0 Å². The van der Waals surface area contributed by atoms with Crippen LogP contribution < -0.4 is 5.48 Å². The molecule has 0 atom stereocenters. The Balaban J connectivity index is 2.29. The normalized spacial score (nSPS) is 12.4. The van der Waals surface area contributed by atoms with Gasteiger partial charge in [-0.2, -0.15) is 17.5 Å². The maximum atomic E-state index is 13.2. The fourth-order valence-corrected chi connectivity index (χ4v) is 4.39. The number of carbonyl (C=O) groups excluding carboxylic acids is 1. The number of nitrogens with one attached hydrogen (secondary N) is 1. The van der Waals surface area contributed by atoms with Crippen molar-refractivity contribution in [3.05, 3.63) is 70.4 Å². The smallest absolute Gasteiger partial charge is 0.416 e. The lowest BCUT2D eigenvalue weighted by molar-refractivity contribution is -0.137. The Labute approximate surface area is 179 Å². The Hall–Kier alpha value is -2.43. The van der Waals surface area contributed by atoms with E-state index in [1.165, 1.54) is 29.7 Å². The van der Waals surface area contributed by atoms with Crippen LogP contribution in [-0.2, 0) is 27.5 Å². The SMILES string of the molecule is CC(C)c1ccc(S(=O)(=O)N(CCCC(=O)N[O-])Cc2ccc(C(F)(F)F)cc2)cc1. The summed E-state index contributed by atoms with van der Waals surface area (Å²) in [5.74, 6) is -0.557. The summed E-state index contributed by atoms with van der Waals surface area (Å²) in [5.41, 5.74) is 1.72. The fourth-order valence-electron chi connectivity index (χ4n) is 2.93. The van der Waals surface area contributed by atoms with Crippen LogP contribution in [-0.4, -0.2) is 25.2 Å². The van der Waals surface area contributed by atoms with E-state index in [0.29, 0.717) is 5.56 Å². The minimum absolute atomic E-state index is 0.0390. The minimum Gasteiger partial charge on any atom is -0.759 e. The molecular weight excluding hydrogens is 433 g/mol. The molecule has 2 aromatic rings. The van der Waals surface area contributed by atoms with Gasteiger partial charge in [0.2, 0.25) is 15.9 Å². The molecule has 0 radical (unpaired) electrons. The van der Waals surface area contributed by atoms with Crippen LogP contribution in [0.25, 0.3) is 0 Å². The topological polar surface area (TPSA) is 89.5 Å². The van der Waals surface area contributed by atoms with Crippen LogP contribution >= 0.6 is 0 Å². The van der Waals surface area contributed by atoms with Gasteiger partial charge in [-0.05, 0) is 47.7 Å². The standard InChI is InChI=1S/C21H24F3N2O4S/c1-15(2)17-7-11-19(12-8-17)31(29,30)26(13-3-4-20(27)25-28)14-16-5-9-18(10-6-16)21(22,23)24/h5-12,15H,3-4,13-14H2,1-2H3,(H-,25,27,28)/q-1. The van der Waals surface area contributed by atoms with Gasteiger partial charge in [-0.15, -0.1) is 0 Å². The van der Waals surface area contributed by atoms with Crippen LogP contribution in [0.4, 0.5) is 13.2 Å². The third kappa shape index (κ3) is 6.78. The molecule has 0 unspecified atom stereocenters. The predicted molar refractivity (Wildman–Crippen MR) is 110 cm³/mol. The number of hydroxylamine groups is 1. The van der Waals surface area contributed by atoms with E-state index in [4.69, 9.17) is 0 Å². The van der Waals surface area contributed by atoms with Crippen LogP contribution in [0.5, 0.6) is 0 Å². The highest BCUT2D eigenvalue weighted by atomic mass is 32.2. The van der Waals surface area contributed by atoms with Gasteiger partial charge < -0.3 is 10.7 Å². The molecule has 0 aliphatic carbocycles. The highest BCUT2D eigenvalue weighted by molar-refractivity contribution is 7.89. The highest BCUT2D eigenvalue weighted by Crippen LogP contribution is 2.29. The van der Waals surface area contributed by atoms with Crippen molar-refractivity contribution in [2.75, 3.05) is 6.54 Å². The lowest BCUT2D eigenvalue weighted by Gasteiger charge is -2.23. The Morgan fingerprint density at radius 3 is 2.13 bits per heavy atom. The molecule has 0 aliphatic rings. The number of alkyl halides is 3. The van der Waals surface area contributed by atoms with Gasteiger partial charge in [0, 0.05) is 19.5 Å². The first-order chi connectivity index (χ1) is 14.4. The molecule has 0 aliphatic heterocycles. The molecule has 10 heteroatoms. The Kier molecular flexibility index (Phi) is 8.21. The van der Waals surface area contributed by atoms with Crippen molar-refractivity contribution in [1.29, 1.82) is 0 Å². The van der Waals surface area contributed by atoms with Gasteiger partial charge >= 0.3 is 6.18 Å². The third-order valence-electron chi connectivity index (χ3n) is 4.75. The van der Waals surface area contributed by atoms with E-state index in [1.54, 1.807) is 12.1 Å². The molecule has 6 nitrogen and oxygen atoms in total. The van der Waals surface area contributed by atoms with Crippen molar-refractivity contribution in [1.82, 2.24) is 9.79 Å². The lowest BCUT2D eigenvalue weighted by Crippen LogP contribution is -2.32. The molecule has 0 heterocycles. The molecule has 1 amide bonds. The first-order valence-corrected chi connectivity index (χ1v) is 11.1. The summed E-state index contributed by atoms with van der Waals surface area (Å²) in [5, 5.41) is 10.4. The number of hydrogen-bond donors (Lipinski definition) is 1. The van der Waals surface area contributed by atoms with Crippen molar-refractivity contribution in [2.45, 2.75) is 50.2 Å². The summed E-state index contributed by atoms with van der Waals surface area (Å²) in [6.45, 7) is 3.69. The van der Waals surface area contributed by atoms with Crippen LogP contribution in [0, 0.1) is 5.21 Å². The van der Waals surface area contributed by atoms with Crippen LogP contribution in [0.15, 0.2) is 53.4 Å². The van der Waals surface area contributed by atoms with E-state index in [-0.39, 0.29) is 36.7 Å². The molecule has 0 aromatic heterocycles. The highest BCUT2D eigenvalue weighted by Gasteiger charge is 2.30. The van der Waals surface area contributed by atoms with Gasteiger partial charge in [-0.1, -0.05) is 38.1 Å². The Morgan fingerprint density at radius 1 is 1.06 bits per heavy atom. The number of benzene rings is 2. The molecule has 0 spiro atoms. The zero-order valence-corrected chi connectivity index (χ0v) is 18.0. The maximum Gasteiger partial charge on any atom is 0.416 e. The van der Waals surface area contributed by atoms with Gasteiger partial charge in [-0.25, -0.2) is 8.42 Å². The molecule has 2 aromatic carbocycles. The third-order valence-corrected chi connectivity index (χ3v) is 6.61. The number of carbonyl (C=O) groups is 1. The minimum atomic E-state index is -4.49. The molecule has 31 heavy (non-hydrogen) atoms. The summed E-state index contributed by atoms with van der Waals surface area (Å²) < 4.78 is 65.8. The average Bonchev–Trinajstić information content (AvgIpc) is 2.72. The van der Waals surface area contributed by atoms with Crippen LogP contribution in [0.2, 0.25) is 0 Å². The van der Waals surface area contributed by atoms with Gasteiger partial charge in [-0.3, -0.25) is 4.79 Å². The van der Waals surface area contributed by atoms with Crippen molar-refractivity contribution in [3.63, 3.8) is 0 Å². The fraction of sp³-hybridized carbons (Fsp3) is 0.381. The number of hydrogen-bond acceptors (Lipinski definition) is 4. The van der Waals surface area contributed by atoms with Gasteiger partial charge in [0.15, 0.2) is 0 Å². The van der Waals surface area contributed by atoms with Crippen LogP contribution in [0.1, 0.15) is 49.3 Å². The zero-order valence-electron chi connectivity index (χ0n) is 17.1. The lowest BCUT2D eigenvalue weighted by atomic mass is 10.0. The molecular formula is C21H24F3N2O4S-. The number of rotatable bonds is 9. The summed E-state index contributed by atoms with van der Waals surface area (Å²) >= 11 is 0. The van der Waals surface area contributed by atoms with E-state index in [9.17, 15) is 31.6 Å². The van der Waals surface area contributed by atoms with Crippen LogP contribution in [0.3, 0.4) is 0 Å². The van der Waals surface area contributed by atoms with Gasteiger partial charge in [0.25, 0.3) is 0 Å². The number of sulfonamides is 1. The second-order valence-corrected chi connectivity index (χ2v) is 9.32. The quantitative estimate of drug-likeness (QED) is 0.565. The largest absolute Gasteiger partial charge is 0.759 e. The number of nitrogens with zero attached hydrogens (tertiary/aromatic N) is 1. The van der Waals surface area contributed by atoms with Crippen molar-refractivity contribution in [3.8, 4) is 0 Å². The van der Waals surface area contributed by atoms with E-state index in [2.05, 4.69) is 0 Å².